The predicted molar refractivity (Wildman–Crippen MR) is 136 cm³/mol. The third-order valence-electron chi connectivity index (χ3n) is 6.94. The van der Waals surface area contributed by atoms with Crippen LogP contribution in [0.15, 0.2) is 60.7 Å². The first-order valence-electron chi connectivity index (χ1n) is 12.9. The number of morpholine rings is 2. The summed E-state index contributed by atoms with van der Waals surface area (Å²) in [7, 11) is 0. The van der Waals surface area contributed by atoms with Gasteiger partial charge in [-0.05, 0) is 38.1 Å². The van der Waals surface area contributed by atoms with Crippen molar-refractivity contribution >= 4 is 0 Å². The summed E-state index contributed by atoms with van der Waals surface area (Å²) in [6.45, 7) is 12.1. The van der Waals surface area contributed by atoms with E-state index >= 15 is 0 Å². The monoisotopic (exact) mass is 484 g/mol. The summed E-state index contributed by atoms with van der Waals surface area (Å²) < 4.78 is 30.3. The fourth-order valence-electron chi connectivity index (χ4n) is 4.63. The Morgan fingerprint density at radius 2 is 1.00 bits per heavy atom. The van der Waals surface area contributed by atoms with Crippen molar-refractivity contribution in [2.75, 3.05) is 65.8 Å². The Labute approximate surface area is 209 Å². The SMILES string of the molecule is CC(C(COCC(Oc1ccccc1)C(C)N1CCOCC1)Oc1ccccc1)N1CCOCC1. The van der Waals surface area contributed by atoms with E-state index < -0.39 is 0 Å². The van der Waals surface area contributed by atoms with Crippen molar-refractivity contribution in [3.8, 4) is 11.5 Å². The average molecular weight is 485 g/mol. The second-order valence-electron chi connectivity index (χ2n) is 9.25. The van der Waals surface area contributed by atoms with Crippen LogP contribution in [0.3, 0.4) is 0 Å². The summed E-state index contributed by atoms with van der Waals surface area (Å²) in [5.74, 6) is 1.72. The van der Waals surface area contributed by atoms with Crippen molar-refractivity contribution in [2.45, 2.75) is 38.1 Å². The fraction of sp³-hybridized carbons (Fsp3) is 0.571. The Bertz CT molecular complexity index is 758. The summed E-state index contributed by atoms with van der Waals surface area (Å²) in [6.07, 6.45) is -0.210. The van der Waals surface area contributed by atoms with Gasteiger partial charge in [0.25, 0.3) is 0 Å². The van der Waals surface area contributed by atoms with Crippen molar-refractivity contribution in [3.05, 3.63) is 60.7 Å². The molecule has 0 radical (unpaired) electrons. The van der Waals surface area contributed by atoms with Crippen LogP contribution in [0.5, 0.6) is 11.5 Å². The number of ether oxygens (including phenoxy) is 5. The summed E-state index contributed by atoms with van der Waals surface area (Å²) in [5, 5.41) is 0. The van der Waals surface area contributed by atoms with Gasteiger partial charge in [0.15, 0.2) is 0 Å². The van der Waals surface area contributed by atoms with Crippen LogP contribution in [0.25, 0.3) is 0 Å². The highest BCUT2D eigenvalue weighted by atomic mass is 16.6. The van der Waals surface area contributed by atoms with Crippen LogP contribution >= 0.6 is 0 Å². The van der Waals surface area contributed by atoms with Gasteiger partial charge < -0.3 is 23.7 Å². The molecule has 0 N–H and O–H groups in total. The summed E-state index contributed by atoms with van der Waals surface area (Å²) >= 11 is 0. The molecule has 2 aromatic rings. The highest BCUT2D eigenvalue weighted by Gasteiger charge is 2.30. The van der Waals surface area contributed by atoms with E-state index in [2.05, 4.69) is 23.6 Å². The minimum atomic E-state index is -0.105. The molecule has 2 aromatic carbocycles. The number of nitrogens with zero attached hydrogens (tertiary/aromatic N) is 2. The van der Waals surface area contributed by atoms with Gasteiger partial charge in [-0.1, -0.05) is 36.4 Å². The van der Waals surface area contributed by atoms with Gasteiger partial charge in [-0.3, -0.25) is 9.80 Å². The Balaban J connectivity index is 1.41. The average Bonchev–Trinajstić information content (AvgIpc) is 2.93. The summed E-state index contributed by atoms with van der Waals surface area (Å²) in [6, 6.07) is 20.4. The highest BCUT2D eigenvalue weighted by molar-refractivity contribution is 5.22. The minimum Gasteiger partial charge on any atom is -0.486 e. The van der Waals surface area contributed by atoms with Crippen LogP contribution in [0.2, 0.25) is 0 Å². The highest BCUT2D eigenvalue weighted by Crippen LogP contribution is 2.19. The van der Waals surface area contributed by atoms with Gasteiger partial charge >= 0.3 is 0 Å². The molecule has 0 aliphatic carbocycles. The van der Waals surface area contributed by atoms with E-state index in [9.17, 15) is 0 Å². The zero-order chi connectivity index (χ0) is 24.3. The zero-order valence-corrected chi connectivity index (χ0v) is 21.1. The Morgan fingerprint density at radius 1 is 0.629 bits per heavy atom. The van der Waals surface area contributed by atoms with Crippen LogP contribution in [0.4, 0.5) is 0 Å². The molecular weight excluding hydrogens is 444 g/mol. The van der Waals surface area contributed by atoms with Gasteiger partial charge in [-0.25, -0.2) is 0 Å². The Kier molecular flexibility index (Phi) is 10.2. The van der Waals surface area contributed by atoms with Crippen LogP contribution in [-0.2, 0) is 14.2 Å². The van der Waals surface area contributed by atoms with Crippen LogP contribution in [0, 0.1) is 0 Å². The topological polar surface area (TPSA) is 52.6 Å². The maximum absolute atomic E-state index is 6.43. The first-order chi connectivity index (χ1) is 17.2. The van der Waals surface area contributed by atoms with Crippen LogP contribution in [-0.4, -0.2) is 99.9 Å². The third kappa shape index (κ3) is 7.92. The Morgan fingerprint density at radius 3 is 1.37 bits per heavy atom. The van der Waals surface area contributed by atoms with E-state index in [1.54, 1.807) is 0 Å². The largest absolute Gasteiger partial charge is 0.486 e. The van der Waals surface area contributed by atoms with E-state index in [1.807, 2.05) is 60.7 Å². The Hall–Kier alpha value is -2.16. The van der Waals surface area contributed by atoms with Gasteiger partial charge in [0, 0.05) is 38.3 Å². The molecule has 192 valence electrons. The van der Waals surface area contributed by atoms with Gasteiger partial charge in [0.2, 0.25) is 0 Å². The molecule has 2 fully saturated rings. The lowest BCUT2D eigenvalue weighted by molar-refractivity contribution is -0.0623. The smallest absolute Gasteiger partial charge is 0.137 e. The zero-order valence-electron chi connectivity index (χ0n) is 21.1. The molecule has 4 atom stereocenters. The maximum Gasteiger partial charge on any atom is 0.137 e. The summed E-state index contributed by atoms with van der Waals surface area (Å²) in [4.78, 5) is 4.85. The standard InChI is InChI=1S/C28H40N2O5/c1-23(29-13-17-31-18-14-29)27(34-25-9-5-3-6-10-25)21-33-22-28(35-26-11-7-4-8-12-26)24(2)30-15-19-32-20-16-30/h3-12,23-24,27-28H,13-22H2,1-2H3. The van der Waals surface area contributed by atoms with Crippen LogP contribution < -0.4 is 9.47 Å². The van der Waals surface area contributed by atoms with Crippen molar-refractivity contribution in [2.24, 2.45) is 0 Å². The molecule has 7 nitrogen and oxygen atoms in total. The first-order valence-corrected chi connectivity index (χ1v) is 12.9. The van der Waals surface area contributed by atoms with Gasteiger partial charge in [0.1, 0.15) is 23.7 Å². The fourth-order valence-corrected chi connectivity index (χ4v) is 4.63. The molecule has 2 aliphatic rings. The molecule has 0 saturated carbocycles. The maximum atomic E-state index is 6.43. The molecule has 0 bridgehead atoms. The van der Waals surface area contributed by atoms with E-state index in [4.69, 9.17) is 23.7 Å². The number of benzene rings is 2. The van der Waals surface area contributed by atoms with Crippen molar-refractivity contribution in [3.63, 3.8) is 0 Å². The molecule has 7 heteroatoms. The lowest BCUT2D eigenvalue weighted by Gasteiger charge is -2.38. The molecule has 2 saturated heterocycles. The molecule has 0 aromatic heterocycles. The van der Waals surface area contributed by atoms with E-state index in [1.165, 1.54) is 0 Å². The molecule has 35 heavy (non-hydrogen) atoms. The van der Waals surface area contributed by atoms with Gasteiger partial charge in [0.05, 0.1) is 39.6 Å². The second-order valence-corrected chi connectivity index (χ2v) is 9.25. The minimum absolute atomic E-state index is 0.105. The van der Waals surface area contributed by atoms with E-state index in [0.717, 1.165) is 64.1 Å². The normalized spacial score (nSPS) is 21.1. The number of hydrogen-bond acceptors (Lipinski definition) is 7. The van der Waals surface area contributed by atoms with E-state index in [-0.39, 0.29) is 24.3 Å². The summed E-state index contributed by atoms with van der Waals surface area (Å²) in [5.41, 5.74) is 0. The van der Waals surface area contributed by atoms with Gasteiger partial charge in [-0.2, -0.15) is 0 Å². The van der Waals surface area contributed by atoms with Crippen LogP contribution in [0.1, 0.15) is 13.8 Å². The number of rotatable bonds is 12. The van der Waals surface area contributed by atoms with Crippen molar-refractivity contribution < 1.29 is 23.7 Å². The molecule has 4 rings (SSSR count). The lowest BCUT2D eigenvalue weighted by atomic mass is 10.1. The molecule has 4 unspecified atom stereocenters. The predicted octanol–water partition coefficient (Wildman–Crippen LogP) is 3.34. The second kappa shape index (κ2) is 13.8. The molecular formula is C28H40N2O5. The molecule has 0 amide bonds. The quantitative estimate of drug-likeness (QED) is 0.458. The van der Waals surface area contributed by atoms with Crippen molar-refractivity contribution in [1.29, 1.82) is 0 Å². The number of para-hydroxylation sites is 2. The van der Waals surface area contributed by atoms with Gasteiger partial charge in [-0.15, -0.1) is 0 Å². The number of hydrogen-bond donors (Lipinski definition) is 0. The van der Waals surface area contributed by atoms with Crippen molar-refractivity contribution in [1.82, 2.24) is 9.80 Å². The molecule has 0 spiro atoms. The molecule has 2 aliphatic heterocycles. The van der Waals surface area contributed by atoms with E-state index in [0.29, 0.717) is 13.2 Å². The third-order valence-corrected chi connectivity index (χ3v) is 6.94. The lowest BCUT2D eigenvalue weighted by Crippen LogP contribution is -2.52. The molecule has 2 heterocycles. The first kappa shape index (κ1) is 25.9.